The fraction of sp³-hybridized carbons (Fsp3) is 0.500. The van der Waals surface area contributed by atoms with Crippen molar-refractivity contribution in [3.63, 3.8) is 0 Å². The van der Waals surface area contributed by atoms with Crippen LogP contribution >= 0.6 is 0 Å². The molecule has 1 aliphatic rings. The van der Waals surface area contributed by atoms with E-state index in [2.05, 4.69) is 4.72 Å². The Balaban J connectivity index is 2.35. The number of hydrogen-bond donors (Lipinski definition) is 1. The molecule has 1 unspecified atom stereocenters. The first-order valence-electron chi connectivity index (χ1n) is 7.03. The van der Waals surface area contributed by atoms with Crippen LogP contribution in [0.2, 0.25) is 0 Å². The van der Waals surface area contributed by atoms with Gasteiger partial charge in [-0.05, 0) is 24.6 Å². The molecule has 1 aliphatic heterocycles. The standard InChI is InChI=1S/C14H16F3N3O2S/c1-2-19-23(21,22)11-5-6-20(9-11)13-7-10(8-18)3-4-12(13)14(15,16)17/h3-4,7,11,19H,2,5-6,9H2,1H3. The maximum Gasteiger partial charge on any atom is 0.418 e. The average molecular weight is 347 g/mol. The molecule has 23 heavy (non-hydrogen) atoms. The van der Waals surface area contributed by atoms with Crippen LogP contribution in [-0.2, 0) is 16.2 Å². The van der Waals surface area contributed by atoms with Gasteiger partial charge in [-0.3, -0.25) is 0 Å². The maximum absolute atomic E-state index is 13.1. The molecule has 0 spiro atoms. The number of alkyl halides is 3. The molecule has 0 saturated carbocycles. The van der Waals surface area contributed by atoms with Crippen molar-refractivity contribution in [3.8, 4) is 6.07 Å². The van der Waals surface area contributed by atoms with E-state index in [0.29, 0.717) is 0 Å². The van der Waals surface area contributed by atoms with E-state index in [9.17, 15) is 21.6 Å². The zero-order valence-electron chi connectivity index (χ0n) is 12.4. The molecule has 0 radical (unpaired) electrons. The summed E-state index contributed by atoms with van der Waals surface area (Å²) in [6.07, 6.45) is -4.33. The van der Waals surface area contributed by atoms with Gasteiger partial charge in [-0.25, -0.2) is 13.1 Å². The highest BCUT2D eigenvalue weighted by atomic mass is 32.2. The van der Waals surface area contributed by atoms with E-state index in [4.69, 9.17) is 5.26 Å². The predicted octanol–water partition coefficient (Wildman–Crippen LogP) is 2.10. The van der Waals surface area contributed by atoms with Gasteiger partial charge in [0.2, 0.25) is 10.0 Å². The third-order valence-electron chi connectivity index (χ3n) is 3.70. The Kier molecular flexibility index (Phi) is 4.87. The fourth-order valence-corrected chi connectivity index (χ4v) is 4.05. The lowest BCUT2D eigenvalue weighted by Crippen LogP contribution is -2.36. The summed E-state index contributed by atoms with van der Waals surface area (Å²) >= 11 is 0. The molecule has 1 aromatic rings. The van der Waals surface area contributed by atoms with Crippen LogP contribution in [0.1, 0.15) is 24.5 Å². The molecule has 5 nitrogen and oxygen atoms in total. The van der Waals surface area contributed by atoms with E-state index in [0.717, 1.165) is 18.2 Å². The van der Waals surface area contributed by atoms with Crippen molar-refractivity contribution in [2.24, 2.45) is 0 Å². The van der Waals surface area contributed by atoms with E-state index in [1.54, 1.807) is 13.0 Å². The third-order valence-corrected chi connectivity index (χ3v) is 5.66. The summed E-state index contributed by atoms with van der Waals surface area (Å²) in [5.41, 5.74) is -0.908. The van der Waals surface area contributed by atoms with Crippen LogP contribution in [0.4, 0.5) is 18.9 Å². The van der Waals surface area contributed by atoms with Crippen LogP contribution in [0.15, 0.2) is 18.2 Å². The fourth-order valence-electron chi connectivity index (χ4n) is 2.62. The van der Waals surface area contributed by atoms with Gasteiger partial charge in [-0.1, -0.05) is 6.92 Å². The highest BCUT2D eigenvalue weighted by Gasteiger charge is 2.39. The molecule has 9 heteroatoms. The highest BCUT2D eigenvalue weighted by Crippen LogP contribution is 2.38. The Morgan fingerprint density at radius 2 is 2.13 bits per heavy atom. The molecule has 1 aromatic carbocycles. The third kappa shape index (κ3) is 3.76. The summed E-state index contributed by atoms with van der Waals surface area (Å²) in [4.78, 5) is 1.38. The molecule has 126 valence electrons. The molecule has 2 rings (SSSR count). The number of sulfonamides is 1. The van der Waals surface area contributed by atoms with Gasteiger partial charge in [0.15, 0.2) is 0 Å². The molecule has 1 heterocycles. The van der Waals surface area contributed by atoms with E-state index in [-0.39, 0.29) is 37.3 Å². The van der Waals surface area contributed by atoms with Gasteiger partial charge >= 0.3 is 6.18 Å². The predicted molar refractivity (Wildman–Crippen MR) is 79.4 cm³/mol. The number of nitrogens with zero attached hydrogens (tertiary/aromatic N) is 2. The van der Waals surface area contributed by atoms with Gasteiger partial charge < -0.3 is 4.90 Å². The minimum absolute atomic E-state index is 0.0344. The number of nitrogens with one attached hydrogen (secondary N) is 1. The quantitative estimate of drug-likeness (QED) is 0.905. The minimum atomic E-state index is -4.57. The Bertz CT molecular complexity index is 726. The number of rotatable bonds is 4. The van der Waals surface area contributed by atoms with Crippen LogP contribution in [0.25, 0.3) is 0 Å². The Morgan fingerprint density at radius 1 is 1.43 bits per heavy atom. The first-order chi connectivity index (χ1) is 10.7. The molecule has 0 aromatic heterocycles. The Morgan fingerprint density at radius 3 is 2.70 bits per heavy atom. The number of halogens is 3. The highest BCUT2D eigenvalue weighted by molar-refractivity contribution is 7.90. The zero-order chi connectivity index (χ0) is 17.3. The van der Waals surface area contributed by atoms with Crippen molar-refractivity contribution >= 4 is 15.7 Å². The molecular weight excluding hydrogens is 331 g/mol. The van der Waals surface area contributed by atoms with E-state index in [1.807, 2.05) is 0 Å². The summed E-state index contributed by atoms with van der Waals surface area (Å²) in [6.45, 7) is 2.03. The molecular formula is C14H16F3N3O2S. The van der Waals surface area contributed by atoms with Crippen molar-refractivity contribution in [2.45, 2.75) is 24.8 Å². The molecule has 0 aliphatic carbocycles. The Hall–Kier alpha value is -1.79. The molecule has 0 bridgehead atoms. The van der Waals surface area contributed by atoms with Gasteiger partial charge in [0.1, 0.15) is 0 Å². The van der Waals surface area contributed by atoms with Crippen molar-refractivity contribution in [3.05, 3.63) is 29.3 Å². The first-order valence-corrected chi connectivity index (χ1v) is 8.58. The van der Waals surface area contributed by atoms with Crippen LogP contribution in [0.5, 0.6) is 0 Å². The van der Waals surface area contributed by atoms with Crippen molar-refractivity contribution in [1.29, 1.82) is 5.26 Å². The molecule has 1 saturated heterocycles. The van der Waals surface area contributed by atoms with Gasteiger partial charge in [0.05, 0.1) is 28.1 Å². The minimum Gasteiger partial charge on any atom is -0.370 e. The second-order valence-corrected chi connectivity index (χ2v) is 7.29. The maximum atomic E-state index is 13.1. The summed E-state index contributed by atoms with van der Waals surface area (Å²) in [6, 6.07) is 4.93. The number of anilines is 1. The van der Waals surface area contributed by atoms with E-state index >= 15 is 0 Å². The number of benzene rings is 1. The molecule has 1 N–H and O–H groups in total. The van der Waals surface area contributed by atoms with Gasteiger partial charge in [0, 0.05) is 19.6 Å². The van der Waals surface area contributed by atoms with Gasteiger partial charge in [-0.15, -0.1) is 0 Å². The van der Waals surface area contributed by atoms with Gasteiger partial charge in [-0.2, -0.15) is 18.4 Å². The second kappa shape index (κ2) is 6.37. The normalized spacial score (nSPS) is 18.9. The number of hydrogen-bond acceptors (Lipinski definition) is 4. The van der Waals surface area contributed by atoms with Crippen LogP contribution in [0, 0.1) is 11.3 Å². The summed E-state index contributed by atoms with van der Waals surface area (Å²) in [7, 11) is -3.55. The lowest BCUT2D eigenvalue weighted by atomic mass is 10.1. The van der Waals surface area contributed by atoms with Crippen molar-refractivity contribution in [1.82, 2.24) is 4.72 Å². The first kappa shape index (κ1) is 17.6. The SMILES string of the molecule is CCNS(=O)(=O)C1CCN(c2cc(C#N)ccc2C(F)(F)F)C1. The summed E-state index contributed by atoms with van der Waals surface area (Å²) in [5, 5.41) is 8.12. The lowest BCUT2D eigenvalue weighted by Gasteiger charge is -2.23. The second-order valence-electron chi connectivity index (χ2n) is 5.24. The van der Waals surface area contributed by atoms with Crippen molar-refractivity contribution < 1.29 is 21.6 Å². The monoisotopic (exact) mass is 347 g/mol. The van der Waals surface area contributed by atoms with E-state index in [1.165, 1.54) is 4.90 Å². The van der Waals surface area contributed by atoms with Gasteiger partial charge in [0.25, 0.3) is 0 Å². The van der Waals surface area contributed by atoms with E-state index < -0.39 is 27.0 Å². The zero-order valence-corrected chi connectivity index (χ0v) is 13.2. The molecule has 1 fully saturated rings. The van der Waals surface area contributed by atoms with Crippen LogP contribution in [-0.4, -0.2) is 33.3 Å². The smallest absolute Gasteiger partial charge is 0.370 e. The van der Waals surface area contributed by atoms with Crippen molar-refractivity contribution in [2.75, 3.05) is 24.5 Å². The summed E-state index contributed by atoms with van der Waals surface area (Å²) < 4.78 is 65.8. The topological polar surface area (TPSA) is 73.2 Å². The summed E-state index contributed by atoms with van der Waals surface area (Å²) in [5.74, 6) is 0. The molecule has 0 amide bonds. The van der Waals surface area contributed by atoms with Crippen LogP contribution < -0.4 is 9.62 Å². The number of nitriles is 1. The van der Waals surface area contributed by atoms with Crippen LogP contribution in [0.3, 0.4) is 0 Å². The largest absolute Gasteiger partial charge is 0.418 e. The molecule has 1 atom stereocenters. The Labute approximate surface area is 132 Å². The average Bonchev–Trinajstić information content (AvgIpc) is 2.96. The lowest BCUT2D eigenvalue weighted by molar-refractivity contribution is -0.137.